The van der Waals surface area contributed by atoms with Gasteiger partial charge in [-0.25, -0.2) is 9.78 Å². The predicted octanol–water partition coefficient (Wildman–Crippen LogP) is 3.29. The summed E-state index contributed by atoms with van der Waals surface area (Å²) in [6, 6.07) is 7.96. The number of halogens is 3. The Labute approximate surface area is 147 Å². The molecule has 3 rings (SSSR count). The molecule has 0 spiro atoms. The maximum absolute atomic E-state index is 13.1. The summed E-state index contributed by atoms with van der Waals surface area (Å²) in [4.78, 5) is 17.3. The first-order chi connectivity index (χ1) is 12.2. The van der Waals surface area contributed by atoms with Gasteiger partial charge in [-0.15, -0.1) is 0 Å². The highest BCUT2D eigenvalue weighted by Crippen LogP contribution is 2.38. The zero-order chi connectivity index (χ0) is 18.9. The minimum absolute atomic E-state index is 0.0228. The fraction of sp³-hybridized carbons (Fsp3) is 0.333. The summed E-state index contributed by atoms with van der Waals surface area (Å²) >= 11 is 0. The SMILES string of the molecule is O=C(O)c1cc(C(F)(F)F)cc(C2(O)CCN(c3ccccn3)CC2)c1. The number of carboxylic acid groups (broad SMARTS) is 1. The van der Waals surface area contributed by atoms with Crippen LogP contribution in [0.25, 0.3) is 0 Å². The molecule has 5 nitrogen and oxygen atoms in total. The van der Waals surface area contributed by atoms with Gasteiger partial charge in [-0.2, -0.15) is 13.2 Å². The Bertz CT molecular complexity index is 801. The van der Waals surface area contributed by atoms with E-state index in [0.29, 0.717) is 19.2 Å². The average Bonchev–Trinajstić information content (AvgIpc) is 2.62. The third-order valence-electron chi connectivity index (χ3n) is 4.61. The standard InChI is InChI=1S/C18H17F3N2O3/c19-18(20,21)14-10-12(16(24)25)9-13(11-14)17(26)4-7-23(8-5-17)15-3-1-2-6-22-15/h1-3,6,9-11,26H,4-5,7-8H2,(H,24,25). The summed E-state index contributed by atoms with van der Waals surface area (Å²) in [5.74, 6) is -0.739. The van der Waals surface area contributed by atoms with Gasteiger partial charge in [0.25, 0.3) is 0 Å². The third-order valence-corrected chi connectivity index (χ3v) is 4.61. The number of anilines is 1. The van der Waals surface area contributed by atoms with E-state index in [-0.39, 0.29) is 18.4 Å². The summed E-state index contributed by atoms with van der Waals surface area (Å²) in [5, 5.41) is 20.0. The summed E-state index contributed by atoms with van der Waals surface area (Å²) in [6.45, 7) is 0.790. The molecule has 1 aromatic heterocycles. The van der Waals surface area contributed by atoms with E-state index in [0.717, 1.165) is 18.0 Å². The molecule has 8 heteroatoms. The van der Waals surface area contributed by atoms with Crippen molar-refractivity contribution in [1.82, 2.24) is 4.98 Å². The summed E-state index contributed by atoms with van der Waals surface area (Å²) < 4.78 is 39.3. The second kappa shape index (κ2) is 6.60. The molecule has 0 saturated carbocycles. The molecule has 1 aromatic carbocycles. The largest absolute Gasteiger partial charge is 0.478 e. The van der Waals surface area contributed by atoms with Crippen molar-refractivity contribution in [3.8, 4) is 0 Å². The molecular weight excluding hydrogens is 349 g/mol. The van der Waals surface area contributed by atoms with Crippen LogP contribution in [-0.2, 0) is 11.8 Å². The van der Waals surface area contributed by atoms with E-state index in [2.05, 4.69) is 4.98 Å². The Morgan fingerprint density at radius 3 is 2.38 bits per heavy atom. The number of hydrogen-bond donors (Lipinski definition) is 2. The van der Waals surface area contributed by atoms with Crippen LogP contribution in [0, 0.1) is 0 Å². The zero-order valence-corrected chi connectivity index (χ0v) is 13.7. The number of alkyl halides is 3. The van der Waals surface area contributed by atoms with Gasteiger partial charge in [-0.05, 0) is 48.7 Å². The van der Waals surface area contributed by atoms with Gasteiger partial charge in [0.1, 0.15) is 5.82 Å². The number of piperidine rings is 1. The number of carbonyl (C=O) groups is 1. The highest BCUT2D eigenvalue weighted by atomic mass is 19.4. The van der Waals surface area contributed by atoms with E-state index in [1.165, 1.54) is 0 Å². The summed E-state index contributed by atoms with van der Waals surface area (Å²) in [7, 11) is 0. The van der Waals surface area contributed by atoms with Crippen LogP contribution in [0.2, 0.25) is 0 Å². The first-order valence-electron chi connectivity index (χ1n) is 8.03. The molecule has 0 radical (unpaired) electrons. The van der Waals surface area contributed by atoms with Crippen molar-refractivity contribution in [2.24, 2.45) is 0 Å². The van der Waals surface area contributed by atoms with E-state index in [1.807, 2.05) is 17.0 Å². The number of carboxylic acids is 1. The molecule has 0 aliphatic carbocycles. The van der Waals surface area contributed by atoms with Crippen molar-refractivity contribution < 1.29 is 28.2 Å². The molecule has 0 bridgehead atoms. The van der Waals surface area contributed by atoms with E-state index in [1.54, 1.807) is 12.3 Å². The molecule has 1 aliphatic rings. The van der Waals surface area contributed by atoms with E-state index < -0.39 is 28.9 Å². The van der Waals surface area contributed by atoms with Gasteiger partial charge in [0.05, 0.1) is 16.7 Å². The monoisotopic (exact) mass is 366 g/mol. The summed E-state index contributed by atoms with van der Waals surface area (Å²) in [5.41, 5.74) is -3.11. The molecule has 138 valence electrons. The number of nitrogens with zero attached hydrogens (tertiary/aromatic N) is 2. The van der Waals surface area contributed by atoms with Gasteiger partial charge in [0.2, 0.25) is 0 Å². The molecular formula is C18H17F3N2O3. The van der Waals surface area contributed by atoms with Crippen molar-refractivity contribution >= 4 is 11.8 Å². The third kappa shape index (κ3) is 3.65. The maximum Gasteiger partial charge on any atom is 0.416 e. The van der Waals surface area contributed by atoms with Gasteiger partial charge < -0.3 is 15.1 Å². The lowest BCUT2D eigenvalue weighted by molar-refractivity contribution is -0.137. The number of rotatable bonds is 3. The molecule has 2 heterocycles. The van der Waals surface area contributed by atoms with Crippen LogP contribution in [-0.4, -0.2) is 34.3 Å². The zero-order valence-electron chi connectivity index (χ0n) is 13.7. The first-order valence-corrected chi connectivity index (χ1v) is 8.03. The normalized spacial score (nSPS) is 17.2. The Morgan fingerprint density at radius 1 is 1.15 bits per heavy atom. The highest BCUT2D eigenvalue weighted by Gasteiger charge is 2.38. The molecule has 1 aliphatic heterocycles. The predicted molar refractivity (Wildman–Crippen MR) is 88.0 cm³/mol. The Hall–Kier alpha value is -2.61. The lowest BCUT2D eigenvalue weighted by atomic mass is 9.83. The molecule has 0 amide bonds. The lowest BCUT2D eigenvalue weighted by Gasteiger charge is -2.39. The van der Waals surface area contributed by atoms with Crippen molar-refractivity contribution in [3.63, 3.8) is 0 Å². The topological polar surface area (TPSA) is 73.7 Å². The van der Waals surface area contributed by atoms with Crippen LogP contribution in [0.3, 0.4) is 0 Å². The van der Waals surface area contributed by atoms with Crippen LogP contribution in [0.1, 0.15) is 34.3 Å². The smallest absolute Gasteiger partial charge is 0.416 e. The number of hydrogen-bond acceptors (Lipinski definition) is 4. The van der Waals surface area contributed by atoms with Gasteiger partial charge in [-0.1, -0.05) is 6.07 Å². The van der Waals surface area contributed by atoms with Crippen LogP contribution < -0.4 is 4.90 Å². The number of aliphatic hydroxyl groups is 1. The molecule has 1 saturated heterocycles. The highest BCUT2D eigenvalue weighted by molar-refractivity contribution is 5.88. The number of aromatic nitrogens is 1. The number of pyridine rings is 1. The van der Waals surface area contributed by atoms with Gasteiger partial charge in [0, 0.05) is 19.3 Å². The number of aromatic carboxylic acids is 1. The van der Waals surface area contributed by atoms with Gasteiger partial charge in [-0.3, -0.25) is 0 Å². The van der Waals surface area contributed by atoms with Crippen molar-refractivity contribution in [1.29, 1.82) is 0 Å². The molecule has 0 unspecified atom stereocenters. The quantitative estimate of drug-likeness (QED) is 0.872. The van der Waals surface area contributed by atoms with Gasteiger partial charge in [0.15, 0.2) is 0 Å². The fourth-order valence-corrected chi connectivity index (χ4v) is 3.12. The molecule has 26 heavy (non-hydrogen) atoms. The molecule has 0 atom stereocenters. The fourth-order valence-electron chi connectivity index (χ4n) is 3.12. The second-order valence-corrected chi connectivity index (χ2v) is 6.31. The van der Waals surface area contributed by atoms with Gasteiger partial charge >= 0.3 is 12.1 Å². The molecule has 1 fully saturated rings. The average molecular weight is 366 g/mol. The lowest BCUT2D eigenvalue weighted by Crippen LogP contribution is -2.43. The second-order valence-electron chi connectivity index (χ2n) is 6.31. The molecule has 2 aromatic rings. The minimum Gasteiger partial charge on any atom is -0.478 e. The Balaban J connectivity index is 1.89. The maximum atomic E-state index is 13.1. The van der Waals surface area contributed by atoms with Crippen LogP contribution in [0.5, 0.6) is 0 Å². The van der Waals surface area contributed by atoms with Crippen LogP contribution in [0.4, 0.5) is 19.0 Å². The van der Waals surface area contributed by atoms with Crippen molar-refractivity contribution in [2.75, 3.05) is 18.0 Å². The Kier molecular flexibility index (Phi) is 4.62. The van der Waals surface area contributed by atoms with E-state index in [4.69, 9.17) is 5.11 Å². The molecule has 2 N–H and O–H groups in total. The van der Waals surface area contributed by atoms with E-state index >= 15 is 0 Å². The van der Waals surface area contributed by atoms with Crippen LogP contribution in [0.15, 0.2) is 42.6 Å². The summed E-state index contributed by atoms with van der Waals surface area (Å²) in [6.07, 6.45) is -2.71. The van der Waals surface area contributed by atoms with Crippen molar-refractivity contribution in [3.05, 3.63) is 59.3 Å². The van der Waals surface area contributed by atoms with Crippen LogP contribution >= 0.6 is 0 Å². The first kappa shape index (κ1) is 18.2. The minimum atomic E-state index is -4.69. The van der Waals surface area contributed by atoms with E-state index in [9.17, 15) is 23.1 Å². The number of benzene rings is 1. The Morgan fingerprint density at radius 2 is 1.85 bits per heavy atom. The van der Waals surface area contributed by atoms with Crippen molar-refractivity contribution in [2.45, 2.75) is 24.6 Å².